The van der Waals surface area contributed by atoms with E-state index >= 15 is 0 Å². The summed E-state index contributed by atoms with van der Waals surface area (Å²) in [5, 5.41) is 12.1. The standard InChI is InChI=1S/C20H15BBrClFNO4/c21-14-7-10(25-19(26)11-3-1-4-12(11)20(27)28)8-15(22)18(14)29-9-13-16(23)5-2-6-17(13)24/h2,5-8H,1,3-4,9H2,(H,25,26)(H,27,28). The molecule has 0 fully saturated rings. The lowest BCUT2D eigenvalue weighted by molar-refractivity contribution is -0.133. The van der Waals surface area contributed by atoms with Gasteiger partial charge < -0.3 is 15.2 Å². The molecular weight excluding hydrogens is 463 g/mol. The fourth-order valence-electron chi connectivity index (χ4n) is 3.09. The van der Waals surface area contributed by atoms with Gasteiger partial charge in [0.05, 0.1) is 9.50 Å². The molecule has 9 heteroatoms. The Balaban J connectivity index is 1.77. The fourth-order valence-corrected chi connectivity index (χ4v) is 3.90. The van der Waals surface area contributed by atoms with Gasteiger partial charge in [0, 0.05) is 22.4 Å². The van der Waals surface area contributed by atoms with Crippen LogP contribution in [-0.2, 0) is 16.2 Å². The van der Waals surface area contributed by atoms with Crippen molar-refractivity contribution in [2.24, 2.45) is 0 Å². The highest BCUT2D eigenvalue weighted by atomic mass is 79.9. The molecule has 1 aliphatic carbocycles. The maximum atomic E-state index is 13.9. The average molecular weight is 479 g/mol. The van der Waals surface area contributed by atoms with E-state index in [1.54, 1.807) is 12.1 Å². The van der Waals surface area contributed by atoms with E-state index in [0.717, 1.165) is 0 Å². The first-order chi connectivity index (χ1) is 13.8. The third-order valence-electron chi connectivity index (χ3n) is 4.50. The zero-order valence-corrected chi connectivity index (χ0v) is 17.4. The van der Waals surface area contributed by atoms with Gasteiger partial charge in [0.1, 0.15) is 26.0 Å². The summed E-state index contributed by atoms with van der Waals surface area (Å²) in [7, 11) is 6.03. The van der Waals surface area contributed by atoms with Crippen LogP contribution in [0.15, 0.2) is 46.0 Å². The van der Waals surface area contributed by atoms with Crippen LogP contribution in [0.4, 0.5) is 10.1 Å². The van der Waals surface area contributed by atoms with E-state index in [0.29, 0.717) is 29.4 Å². The monoisotopic (exact) mass is 477 g/mol. The van der Waals surface area contributed by atoms with Crippen molar-refractivity contribution in [3.8, 4) is 5.75 Å². The van der Waals surface area contributed by atoms with Crippen LogP contribution in [-0.4, -0.2) is 24.8 Å². The van der Waals surface area contributed by atoms with Gasteiger partial charge in [-0.2, -0.15) is 0 Å². The lowest BCUT2D eigenvalue weighted by Crippen LogP contribution is -2.18. The fraction of sp³-hybridized carbons (Fsp3) is 0.200. The number of rotatable bonds is 6. The number of carboxylic acid groups (broad SMARTS) is 1. The molecule has 0 spiro atoms. The molecule has 2 aromatic carbocycles. The summed E-state index contributed by atoms with van der Waals surface area (Å²) < 4.78 is 20.0. The largest absolute Gasteiger partial charge is 0.488 e. The minimum atomic E-state index is -1.08. The first-order valence-electron chi connectivity index (χ1n) is 8.69. The number of benzene rings is 2. The molecule has 3 rings (SSSR count). The smallest absolute Gasteiger partial charge is 0.332 e. The van der Waals surface area contributed by atoms with E-state index in [9.17, 15) is 19.1 Å². The Bertz CT molecular complexity index is 984. The Hall–Kier alpha value is -2.32. The number of amides is 1. The summed E-state index contributed by atoms with van der Waals surface area (Å²) in [6.45, 7) is -0.130. The number of aliphatic carboxylic acids is 1. The van der Waals surface area contributed by atoms with Gasteiger partial charge in [-0.1, -0.05) is 23.1 Å². The summed E-state index contributed by atoms with van der Waals surface area (Å²) in [4.78, 5) is 23.7. The minimum absolute atomic E-state index is 0.130. The van der Waals surface area contributed by atoms with Crippen molar-refractivity contribution in [3.05, 3.63) is 62.4 Å². The van der Waals surface area contributed by atoms with E-state index in [1.807, 2.05) is 0 Å². The summed E-state index contributed by atoms with van der Waals surface area (Å²) in [5.74, 6) is -1.77. The Kier molecular flexibility index (Phi) is 6.65. The van der Waals surface area contributed by atoms with Gasteiger partial charge >= 0.3 is 5.97 Å². The predicted octanol–water partition coefficient (Wildman–Crippen LogP) is 4.12. The van der Waals surface area contributed by atoms with Crippen LogP contribution in [0.1, 0.15) is 24.8 Å². The van der Waals surface area contributed by atoms with Crippen LogP contribution >= 0.6 is 27.5 Å². The van der Waals surface area contributed by atoms with Crippen molar-refractivity contribution in [1.82, 2.24) is 0 Å². The number of nitrogens with one attached hydrogen (secondary N) is 1. The van der Waals surface area contributed by atoms with Crippen LogP contribution in [0.5, 0.6) is 5.75 Å². The molecule has 0 atom stereocenters. The van der Waals surface area contributed by atoms with Crippen LogP contribution in [0.3, 0.4) is 0 Å². The van der Waals surface area contributed by atoms with Crippen molar-refractivity contribution in [2.75, 3.05) is 5.32 Å². The molecule has 29 heavy (non-hydrogen) atoms. The summed E-state index contributed by atoms with van der Waals surface area (Å²) >= 11 is 9.33. The topological polar surface area (TPSA) is 75.6 Å². The second-order valence-corrected chi connectivity index (χ2v) is 7.70. The quantitative estimate of drug-likeness (QED) is 0.613. The van der Waals surface area contributed by atoms with Crippen molar-refractivity contribution < 1.29 is 23.8 Å². The molecule has 0 aromatic heterocycles. The van der Waals surface area contributed by atoms with Crippen molar-refractivity contribution in [3.63, 3.8) is 0 Å². The Labute approximate surface area is 181 Å². The molecule has 0 bridgehead atoms. The van der Waals surface area contributed by atoms with Crippen LogP contribution in [0.25, 0.3) is 0 Å². The van der Waals surface area contributed by atoms with Crippen molar-refractivity contribution in [1.29, 1.82) is 0 Å². The Morgan fingerprint density at radius 2 is 2.00 bits per heavy atom. The molecule has 2 aromatic rings. The molecule has 2 radical (unpaired) electrons. The first-order valence-corrected chi connectivity index (χ1v) is 9.86. The molecule has 2 N–H and O–H groups in total. The number of carbonyl (C=O) groups is 2. The van der Waals surface area contributed by atoms with Gasteiger partial charge in [-0.3, -0.25) is 4.79 Å². The molecule has 0 saturated carbocycles. The van der Waals surface area contributed by atoms with E-state index in [4.69, 9.17) is 24.2 Å². The molecule has 0 heterocycles. The molecule has 1 aliphatic rings. The van der Waals surface area contributed by atoms with E-state index in [-0.39, 0.29) is 39.6 Å². The lowest BCUT2D eigenvalue weighted by Gasteiger charge is -2.15. The predicted molar refractivity (Wildman–Crippen MR) is 112 cm³/mol. The van der Waals surface area contributed by atoms with Crippen LogP contribution < -0.4 is 15.5 Å². The van der Waals surface area contributed by atoms with Gasteiger partial charge in [0.25, 0.3) is 5.91 Å². The number of halogens is 3. The Morgan fingerprint density at radius 3 is 2.66 bits per heavy atom. The van der Waals surface area contributed by atoms with Gasteiger partial charge in [-0.15, -0.1) is 0 Å². The zero-order chi connectivity index (χ0) is 21.1. The first kappa shape index (κ1) is 21.4. The van der Waals surface area contributed by atoms with Gasteiger partial charge in [0.2, 0.25) is 0 Å². The third-order valence-corrected chi connectivity index (χ3v) is 5.45. The maximum absolute atomic E-state index is 13.9. The van der Waals surface area contributed by atoms with Crippen LogP contribution in [0.2, 0.25) is 5.02 Å². The highest BCUT2D eigenvalue weighted by Gasteiger charge is 2.25. The molecule has 5 nitrogen and oxygen atoms in total. The molecule has 0 unspecified atom stereocenters. The van der Waals surface area contributed by atoms with Gasteiger partial charge in [0.15, 0.2) is 0 Å². The SMILES string of the molecule is [B]c1cc(NC(=O)C2=C(C(=O)O)CCC2)cc(Br)c1OCc1c(F)cccc1Cl. The van der Waals surface area contributed by atoms with Crippen molar-refractivity contribution in [2.45, 2.75) is 25.9 Å². The average Bonchev–Trinajstić information content (AvgIpc) is 3.13. The second kappa shape index (κ2) is 9.01. The molecule has 0 saturated heterocycles. The highest BCUT2D eigenvalue weighted by molar-refractivity contribution is 9.10. The summed E-state index contributed by atoms with van der Waals surface area (Å²) in [6, 6.07) is 7.39. The number of anilines is 1. The van der Waals surface area contributed by atoms with E-state index in [2.05, 4.69) is 21.2 Å². The maximum Gasteiger partial charge on any atom is 0.332 e. The van der Waals surface area contributed by atoms with E-state index < -0.39 is 17.7 Å². The third kappa shape index (κ3) is 4.82. The molecule has 1 amide bonds. The van der Waals surface area contributed by atoms with Crippen LogP contribution in [0, 0.1) is 5.82 Å². The Morgan fingerprint density at radius 1 is 1.28 bits per heavy atom. The summed E-state index contributed by atoms with van der Waals surface area (Å²) in [6.07, 6.45) is 1.41. The number of hydrogen-bond donors (Lipinski definition) is 2. The second-order valence-electron chi connectivity index (χ2n) is 6.44. The molecule has 148 valence electrons. The molecular formula is C20H15BBrClFNO4. The zero-order valence-electron chi connectivity index (χ0n) is 15.1. The van der Waals surface area contributed by atoms with E-state index in [1.165, 1.54) is 18.2 Å². The number of carbonyl (C=O) groups excluding carboxylic acids is 1. The lowest BCUT2D eigenvalue weighted by atomic mass is 9.94. The minimum Gasteiger partial charge on any atom is -0.488 e. The van der Waals surface area contributed by atoms with Gasteiger partial charge in [-0.25, -0.2) is 9.18 Å². The normalized spacial score (nSPS) is 13.5. The molecule has 0 aliphatic heterocycles. The number of hydrogen-bond acceptors (Lipinski definition) is 3. The number of ether oxygens (including phenoxy) is 1. The van der Waals surface area contributed by atoms with Crippen molar-refractivity contribution >= 4 is 58.4 Å². The van der Waals surface area contributed by atoms with Gasteiger partial charge in [-0.05, 0) is 59.5 Å². The highest BCUT2D eigenvalue weighted by Crippen LogP contribution is 2.30. The number of carboxylic acids is 1. The summed E-state index contributed by atoms with van der Waals surface area (Å²) in [5.41, 5.74) is 1.19.